The first-order chi connectivity index (χ1) is 16.3. The van der Waals surface area contributed by atoms with Crippen LogP contribution in [0.25, 0.3) is 0 Å². The predicted molar refractivity (Wildman–Crippen MR) is 127 cm³/mol. The number of benzene rings is 2. The number of anilines is 1. The molecule has 2 heterocycles. The molecule has 34 heavy (non-hydrogen) atoms. The highest BCUT2D eigenvalue weighted by Gasteiger charge is 2.49. The maximum Gasteiger partial charge on any atom is 0.351 e. The first-order valence-electron chi connectivity index (χ1n) is 10.2. The third-order valence-corrected chi connectivity index (χ3v) is 5.95. The fourth-order valence-electron chi connectivity index (χ4n) is 3.41. The minimum Gasteiger partial charge on any atom is -0.459 e. The highest BCUT2D eigenvalue weighted by Crippen LogP contribution is 2.34. The summed E-state index contributed by atoms with van der Waals surface area (Å²) in [5, 5.41) is 0. The Balaban J connectivity index is 1.58. The number of alkyl halides is 1. The molecule has 0 spiro atoms. The van der Waals surface area contributed by atoms with Gasteiger partial charge in [0.15, 0.2) is 18.5 Å². The summed E-state index contributed by atoms with van der Waals surface area (Å²) in [7, 11) is 0. The minimum absolute atomic E-state index is 0.00403. The number of hydrogen-bond donors (Lipinski definition) is 1. The molecule has 2 N–H and O–H groups in total. The molecule has 2 aromatic carbocycles. The zero-order valence-electron chi connectivity index (χ0n) is 17.5. The van der Waals surface area contributed by atoms with Gasteiger partial charge >= 0.3 is 17.6 Å². The van der Waals surface area contributed by atoms with Crippen LogP contribution in [0.3, 0.4) is 0 Å². The van der Waals surface area contributed by atoms with E-state index in [9.17, 15) is 14.4 Å². The fraction of sp³-hybridized carbons (Fsp3) is 0.217. The second-order valence-corrected chi connectivity index (χ2v) is 8.54. The predicted octanol–water partition coefficient (Wildman–Crippen LogP) is 2.75. The largest absolute Gasteiger partial charge is 0.459 e. The van der Waals surface area contributed by atoms with E-state index in [0.29, 0.717) is 9.13 Å². The van der Waals surface area contributed by atoms with Gasteiger partial charge in [-0.25, -0.2) is 18.8 Å². The molecule has 176 valence electrons. The lowest BCUT2D eigenvalue weighted by molar-refractivity contribution is -0.0592. The number of aromatic nitrogens is 2. The molecule has 0 amide bonds. The molecular weight excluding hydrogens is 560 g/mol. The number of nitrogens with two attached hydrogens (primary N) is 1. The number of esters is 2. The lowest BCUT2D eigenvalue weighted by Crippen LogP contribution is -2.38. The van der Waals surface area contributed by atoms with Crippen molar-refractivity contribution in [1.29, 1.82) is 0 Å². The van der Waals surface area contributed by atoms with E-state index in [4.69, 9.17) is 19.9 Å². The fourth-order valence-corrected chi connectivity index (χ4v) is 3.83. The summed E-state index contributed by atoms with van der Waals surface area (Å²) in [5.74, 6) is -1.44. The van der Waals surface area contributed by atoms with Crippen LogP contribution in [0, 0.1) is 3.57 Å². The highest BCUT2D eigenvalue weighted by atomic mass is 127. The Morgan fingerprint density at radius 2 is 1.65 bits per heavy atom. The maximum absolute atomic E-state index is 15.6. The average Bonchev–Trinajstić information content (AvgIpc) is 3.15. The third-order valence-electron chi connectivity index (χ3n) is 5.12. The van der Waals surface area contributed by atoms with Crippen LogP contribution in [-0.2, 0) is 14.2 Å². The van der Waals surface area contributed by atoms with Gasteiger partial charge in [-0.1, -0.05) is 36.4 Å². The molecule has 11 heteroatoms. The van der Waals surface area contributed by atoms with E-state index in [1.54, 1.807) is 48.5 Å². The van der Waals surface area contributed by atoms with Crippen molar-refractivity contribution in [3.8, 4) is 0 Å². The minimum atomic E-state index is -1.95. The van der Waals surface area contributed by atoms with Crippen LogP contribution in [0.1, 0.15) is 26.9 Å². The SMILES string of the molecule is Nc1nc(=O)n(C2OC(COC(=O)c3ccccc3)C(OC(=O)c3ccccc3)C2F)cc1I. The van der Waals surface area contributed by atoms with E-state index in [0.717, 1.165) is 4.57 Å². The Kier molecular flexibility index (Phi) is 7.22. The number of ether oxygens (including phenoxy) is 3. The van der Waals surface area contributed by atoms with E-state index in [2.05, 4.69) is 4.98 Å². The van der Waals surface area contributed by atoms with Crippen LogP contribution < -0.4 is 11.4 Å². The summed E-state index contributed by atoms with van der Waals surface area (Å²) in [6, 6.07) is 16.2. The summed E-state index contributed by atoms with van der Waals surface area (Å²) < 4.78 is 33.3. The summed E-state index contributed by atoms with van der Waals surface area (Å²) in [5.41, 5.74) is 5.32. The van der Waals surface area contributed by atoms with Crippen molar-refractivity contribution in [3.05, 3.63) is 92.0 Å². The quantitative estimate of drug-likeness (QED) is 0.350. The molecule has 1 aromatic heterocycles. The van der Waals surface area contributed by atoms with Gasteiger partial charge in [0.25, 0.3) is 0 Å². The molecule has 1 aliphatic heterocycles. The van der Waals surface area contributed by atoms with Gasteiger partial charge in [0.1, 0.15) is 18.5 Å². The van der Waals surface area contributed by atoms with Gasteiger partial charge in [-0.15, -0.1) is 0 Å². The van der Waals surface area contributed by atoms with Crippen molar-refractivity contribution in [3.63, 3.8) is 0 Å². The molecule has 0 aliphatic carbocycles. The Morgan fingerprint density at radius 3 is 2.26 bits per heavy atom. The molecule has 3 aromatic rings. The van der Waals surface area contributed by atoms with E-state index in [-0.39, 0.29) is 11.4 Å². The number of carbonyl (C=O) groups excluding carboxylic acids is 2. The third kappa shape index (κ3) is 5.09. The lowest BCUT2D eigenvalue weighted by atomic mass is 10.1. The molecule has 1 fully saturated rings. The Morgan fingerprint density at radius 1 is 1.06 bits per heavy atom. The molecule has 9 nitrogen and oxygen atoms in total. The van der Waals surface area contributed by atoms with Gasteiger partial charge in [-0.2, -0.15) is 4.98 Å². The molecule has 1 aliphatic rings. The van der Waals surface area contributed by atoms with E-state index in [1.807, 2.05) is 22.6 Å². The molecule has 0 radical (unpaired) electrons. The number of halogens is 2. The lowest BCUT2D eigenvalue weighted by Gasteiger charge is -2.19. The number of carbonyl (C=O) groups is 2. The normalized spacial score (nSPS) is 21.7. The van der Waals surface area contributed by atoms with Gasteiger partial charge in [-0.05, 0) is 46.9 Å². The van der Waals surface area contributed by atoms with E-state index < -0.39 is 48.8 Å². The van der Waals surface area contributed by atoms with Gasteiger partial charge in [0.05, 0.1) is 14.7 Å². The van der Waals surface area contributed by atoms with E-state index >= 15 is 4.39 Å². The van der Waals surface area contributed by atoms with Crippen LogP contribution in [0.5, 0.6) is 0 Å². The van der Waals surface area contributed by atoms with Gasteiger partial charge in [0, 0.05) is 6.20 Å². The number of rotatable bonds is 6. The Bertz CT molecular complexity index is 1240. The second-order valence-electron chi connectivity index (χ2n) is 7.37. The first kappa shape index (κ1) is 23.8. The number of nitrogen functional groups attached to an aromatic ring is 1. The molecule has 4 rings (SSSR count). The molecule has 0 saturated carbocycles. The average molecular weight is 579 g/mol. The Labute approximate surface area is 206 Å². The summed E-state index contributed by atoms with van der Waals surface area (Å²) in [6.45, 7) is -0.411. The first-order valence-corrected chi connectivity index (χ1v) is 11.2. The van der Waals surface area contributed by atoms with Crippen LogP contribution >= 0.6 is 22.6 Å². The van der Waals surface area contributed by atoms with Crippen LogP contribution in [0.2, 0.25) is 0 Å². The van der Waals surface area contributed by atoms with Crippen molar-refractivity contribution < 1.29 is 28.2 Å². The Hall–Kier alpha value is -3.32. The van der Waals surface area contributed by atoms with Crippen molar-refractivity contribution in [2.75, 3.05) is 12.3 Å². The molecule has 1 saturated heterocycles. The molecule has 0 bridgehead atoms. The molecule has 4 unspecified atom stereocenters. The van der Waals surface area contributed by atoms with Gasteiger partial charge < -0.3 is 19.9 Å². The summed E-state index contributed by atoms with van der Waals surface area (Å²) >= 11 is 1.85. The van der Waals surface area contributed by atoms with Crippen molar-refractivity contribution in [2.45, 2.75) is 24.6 Å². The maximum atomic E-state index is 15.6. The van der Waals surface area contributed by atoms with Crippen LogP contribution in [0.4, 0.5) is 10.2 Å². The van der Waals surface area contributed by atoms with E-state index in [1.165, 1.54) is 18.3 Å². The van der Waals surface area contributed by atoms with Gasteiger partial charge in [-0.3, -0.25) is 4.57 Å². The summed E-state index contributed by atoms with van der Waals surface area (Å²) in [6.07, 6.45) is -4.75. The number of hydrogen-bond acceptors (Lipinski definition) is 8. The summed E-state index contributed by atoms with van der Waals surface area (Å²) in [4.78, 5) is 41.0. The standard InChI is InChI=1S/C23H19FIN3O6/c24-17-18(34-22(30)14-9-5-2-6-10-14)16(12-32-21(29)13-7-3-1-4-8-13)33-20(17)28-11-15(25)19(26)27-23(28)31/h1-11,16-18,20H,12H2,(H2,26,27,31). The second kappa shape index (κ2) is 10.3. The monoisotopic (exact) mass is 579 g/mol. The van der Waals surface area contributed by atoms with Crippen molar-refractivity contribution in [2.24, 2.45) is 0 Å². The topological polar surface area (TPSA) is 123 Å². The van der Waals surface area contributed by atoms with Crippen molar-refractivity contribution >= 4 is 40.3 Å². The molecular formula is C23H19FIN3O6. The number of nitrogens with zero attached hydrogens (tertiary/aromatic N) is 2. The zero-order chi connectivity index (χ0) is 24.2. The van der Waals surface area contributed by atoms with Crippen molar-refractivity contribution in [1.82, 2.24) is 9.55 Å². The zero-order valence-corrected chi connectivity index (χ0v) is 19.7. The van der Waals surface area contributed by atoms with Crippen LogP contribution in [0.15, 0.2) is 71.7 Å². The smallest absolute Gasteiger partial charge is 0.351 e. The highest BCUT2D eigenvalue weighted by molar-refractivity contribution is 14.1. The van der Waals surface area contributed by atoms with Crippen LogP contribution in [-0.4, -0.2) is 46.5 Å². The van der Waals surface area contributed by atoms with Gasteiger partial charge in [0.2, 0.25) is 0 Å². The molecule has 4 atom stereocenters.